The molecule has 0 radical (unpaired) electrons. The molecule has 30 heavy (non-hydrogen) atoms. The number of thiophene rings is 2. The van der Waals surface area contributed by atoms with Crippen molar-refractivity contribution in [3.63, 3.8) is 0 Å². The van der Waals surface area contributed by atoms with Crippen molar-refractivity contribution in [3.05, 3.63) is 42.7 Å². The number of fused-ring (bicyclic) bond motifs is 1. The second-order valence-corrected chi connectivity index (χ2v) is 10.8. The number of hydrogen-bond donors (Lipinski definition) is 1. The van der Waals surface area contributed by atoms with E-state index in [9.17, 15) is 9.59 Å². The zero-order chi connectivity index (χ0) is 21.3. The molecule has 0 aliphatic carbocycles. The predicted octanol–water partition coefficient (Wildman–Crippen LogP) is 3.15. The third-order valence-electron chi connectivity index (χ3n) is 5.76. The summed E-state index contributed by atoms with van der Waals surface area (Å²) < 4.78 is 5.96. The number of methoxy groups -OCH3 is 1. The van der Waals surface area contributed by atoms with Crippen molar-refractivity contribution in [2.75, 3.05) is 40.4 Å². The van der Waals surface area contributed by atoms with Crippen LogP contribution in [-0.2, 0) is 17.6 Å². The Kier molecular flexibility index (Phi) is 6.79. The van der Waals surface area contributed by atoms with Gasteiger partial charge in [0.2, 0.25) is 0 Å². The van der Waals surface area contributed by atoms with Gasteiger partial charge in [-0.2, -0.15) is 0 Å². The molecule has 2 aromatic heterocycles. The average molecular weight is 468 g/mol. The van der Waals surface area contributed by atoms with Gasteiger partial charge in [-0.1, -0.05) is 11.6 Å². The number of carbonyl (C=O) groups is 2. The molecule has 1 fully saturated rings. The van der Waals surface area contributed by atoms with Crippen LogP contribution in [0.5, 0.6) is 0 Å². The highest BCUT2D eigenvalue weighted by Crippen LogP contribution is 2.30. The van der Waals surface area contributed by atoms with E-state index in [1.54, 1.807) is 30.6 Å². The van der Waals surface area contributed by atoms with Crippen LogP contribution in [0.15, 0.2) is 18.2 Å². The second kappa shape index (κ2) is 9.36. The number of halogens is 1. The summed E-state index contributed by atoms with van der Waals surface area (Å²) in [6.07, 6.45) is 2.66. The number of carbonyl (C=O) groups excluding carboxylic acids is 2. The van der Waals surface area contributed by atoms with E-state index in [0.29, 0.717) is 28.8 Å². The average Bonchev–Trinajstić information content (AvgIpc) is 3.41. The molecule has 6 nitrogen and oxygen atoms in total. The monoisotopic (exact) mass is 467 g/mol. The lowest BCUT2D eigenvalue weighted by molar-refractivity contribution is 0.0633. The Labute approximate surface area is 189 Å². The lowest BCUT2D eigenvalue weighted by atomic mass is 10.1. The Balaban J connectivity index is 1.46. The van der Waals surface area contributed by atoms with Crippen molar-refractivity contribution in [2.45, 2.75) is 31.3 Å². The van der Waals surface area contributed by atoms with E-state index in [1.807, 2.05) is 4.90 Å². The first-order valence-corrected chi connectivity index (χ1v) is 12.1. The molecule has 162 valence electrons. The fourth-order valence-corrected chi connectivity index (χ4v) is 6.27. The number of ether oxygens (including phenoxy) is 1. The number of likely N-dealkylation sites (N-methyl/N-ethyl adjacent to an activating group) is 1. The topological polar surface area (TPSA) is 61.9 Å². The van der Waals surface area contributed by atoms with E-state index in [4.69, 9.17) is 16.3 Å². The molecule has 2 aliphatic rings. The third-order valence-corrected chi connectivity index (χ3v) is 8.21. The van der Waals surface area contributed by atoms with E-state index >= 15 is 0 Å². The molecule has 0 aromatic carbocycles. The van der Waals surface area contributed by atoms with Gasteiger partial charge in [0.1, 0.15) is 0 Å². The van der Waals surface area contributed by atoms with Crippen LogP contribution < -0.4 is 5.32 Å². The predicted molar refractivity (Wildman–Crippen MR) is 121 cm³/mol. The van der Waals surface area contributed by atoms with Gasteiger partial charge < -0.3 is 19.9 Å². The van der Waals surface area contributed by atoms with Crippen LogP contribution in [0, 0.1) is 0 Å². The molecule has 2 unspecified atom stereocenters. The zero-order valence-corrected chi connectivity index (χ0v) is 19.5. The summed E-state index contributed by atoms with van der Waals surface area (Å²) in [5.74, 6) is -0.103. The standard InChI is InChI=1S/C21H26ClN3O3S2/c1-24-7-5-13-9-18(29-16(13)6-8-24)21(27)25-11-14(10-15(25)12-28-2)23-20(26)17-3-4-19(22)30-17/h3-4,9,14-15H,5-8,10-12H2,1-2H3,(H,23,26). The van der Waals surface area contributed by atoms with Gasteiger partial charge in [0.15, 0.2) is 0 Å². The Hall–Kier alpha value is -1.45. The third kappa shape index (κ3) is 4.73. The molecule has 2 atom stereocenters. The maximum Gasteiger partial charge on any atom is 0.264 e. The molecule has 9 heteroatoms. The molecular formula is C21H26ClN3O3S2. The summed E-state index contributed by atoms with van der Waals surface area (Å²) in [4.78, 5) is 32.8. The van der Waals surface area contributed by atoms with Gasteiger partial charge in [0, 0.05) is 37.7 Å². The lowest BCUT2D eigenvalue weighted by Crippen LogP contribution is -2.40. The van der Waals surface area contributed by atoms with Gasteiger partial charge in [0.05, 0.1) is 26.7 Å². The summed E-state index contributed by atoms with van der Waals surface area (Å²) in [7, 11) is 3.78. The summed E-state index contributed by atoms with van der Waals surface area (Å²) in [5, 5.41) is 3.06. The van der Waals surface area contributed by atoms with Crippen LogP contribution in [0.2, 0.25) is 4.34 Å². The van der Waals surface area contributed by atoms with Crippen molar-refractivity contribution >= 4 is 46.1 Å². The number of rotatable bonds is 5. The Morgan fingerprint density at radius 3 is 2.77 bits per heavy atom. The fraction of sp³-hybridized carbons (Fsp3) is 0.524. The minimum atomic E-state index is -0.144. The lowest BCUT2D eigenvalue weighted by Gasteiger charge is -2.23. The molecular weight excluding hydrogens is 442 g/mol. The molecule has 0 saturated carbocycles. The number of hydrogen-bond acceptors (Lipinski definition) is 6. The zero-order valence-electron chi connectivity index (χ0n) is 17.2. The van der Waals surface area contributed by atoms with E-state index in [0.717, 1.165) is 30.8 Å². The number of likely N-dealkylation sites (tertiary alicyclic amines) is 1. The summed E-state index contributed by atoms with van der Waals surface area (Å²) in [6, 6.07) is 5.37. The second-order valence-electron chi connectivity index (χ2n) is 7.94. The highest BCUT2D eigenvalue weighted by Gasteiger charge is 2.37. The molecule has 2 amide bonds. The molecule has 4 rings (SSSR count). The van der Waals surface area contributed by atoms with E-state index in [2.05, 4.69) is 23.3 Å². The van der Waals surface area contributed by atoms with Gasteiger partial charge in [0.25, 0.3) is 11.8 Å². The summed E-state index contributed by atoms with van der Waals surface area (Å²) >= 11 is 8.83. The first-order valence-electron chi connectivity index (χ1n) is 10.1. The van der Waals surface area contributed by atoms with Crippen molar-refractivity contribution in [1.29, 1.82) is 0 Å². The number of nitrogens with zero attached hydrogens (tertiary/aromatic N) is 2. The van der Waals surface area contributed by atoms with Crippen LogP contribution in [0.3, 0.4) is 0 Å². The fourth-order valence-electron chi connectivity index (χ4n) is 4.17. The first-order chi connectivity index (χ1) is 14.4. The van der Waals surface area contributed by atoms with Crippen LogP contribution >= 0.6 is 34.3 Å². The van der Waals surface area contributed by atoms with Crippen LogP contribution in [0.25, 0.3) is 0 Å². The minimum Gasteiger partial charge on any atom is -0.383 e. The molecule has 0 bridgehead atoms. The minimum absolute atomic E-state index is 0.0411. The molecule has 1 saturated heterocycles. The molecule has 2 aliphatic heterocycles. The van der Waals surface area contributed by atoms with Crippen molar-refractivity contribution in [3.8, 4) is 0 Å². The van der Waals surface area contributed by atoms with Gasteiger partial charge in [-0.3, -0.25) is 9.59 Å². The van der Waals surface area contributed by atoms with Gasteiger partial charge in [-0.05, 0) is 50.1 Å². The SMILES string of the molecule is COCC1CC(NC(=O)c2ccc(Cl)s2)CN1C(=O)c1cc2c(s1)CCN(C)CC2. The molecule has 0 spiro atoms. The number of amides is 2. The maximum absolute atomic E-state index is 13.3. The molecule has 4 heterocycles. The smallest absolute Gasteiger partial charge is 0.264 e. The largest absolute Gasteiger partial charge is 0.383 e. The van der Waals surface area contributed by atoms with Crippen molar-refractivity contribution in [1.82, 2.24) is 15.1 Å². The van der Waals surface area contributed by atoms with Crippen LogP contribution in [0.1, 0.15) is 36.2 Å². The molecule has 1 N–H and O–H groups in total. The highest BCUT2D eigenvalue weighted by atomic mass is 35.5. The first kappa shape index (κ1) is 21.8. The van der Waals surface area contributed by atoms with Gasteiger partial charge in [-0.25, -0.2) is 0 Å². The molecule has 2 aromatic rings. The Bertz CT molecular complexity index is 903. The summed E-state index contributed by atoms with van der Waals surface area (Å²) in [6.45, 7) is 2.99. The van der Waals surface area contributed by atoms with Gasteiger partial charge in [-0.15, -0.1) is 22.7 Å². The summed E-state index contributed by atoms with van der Waals surface area (Å²) in [5.41, 5.74) is 1.30. The van der Waals surface area contributed by atoms with E-state index < -0.39 is 0 Å². The van der Waals surface area contributed by atoms with E-state index in [1.165, 1.54) is 21.8 Å². The normalized spacial score (nSPS) is 22.0. The van der Waals surface area contributed by atoms with Gasteiger partial charge >= 0.3 is 0 Å². The van der Waals surface area contributed by atoms with Crippen molar-refractivity contribution in [2.24, 2.45) is 0 Å². The maximum atomic E-state index is 13.3. The van der Waals surface area contributed by atoms with Crippen LogP contribution in [0.4, 0.5) is 0 Å². The van der Waals surface area contributed by atoms with E-state index in [-0.39, 0.29) is 23.9 Å². The number of nitrogens with one attached hydrogen (secondary N) is 1. The van der Waals surface area contributed by atoms with Crippen molar-refractivity contribution < 1.29 is 14.3 Å². The van der Waals surface area contributed by atoms with Crippen LogP contribution in [-0.4, -0.2) is 74.1 Å². The Morgan fingerprint density at radius 2 is 2.03 bits per heavy atom. The quantitative estimate of drug-likeness (QED) is 0.733. The highest BCUT2D eigenvalue weighted by molar-refractivity contribution is 7.18. The Morgan fingerprint density at radius 1 is 1.23 bits per heavy atom.